The van der Waals surface area contributed by atoms with Crippen molar-refractivity contribution >= 4 is 33.2 Å². The number of hydrogen-bond donors (Lipinski definition) is 1. The van der Waals surface area contributed by atoms with Gasteiger partial charge in [-0.25, -0.2) is 12.8 Å². The summed E-state index contributed by atoms with van der Waals surface area (Å²) in [7, 11) is -3.98. The third-order valence-corrected chi connectivity index (χ3v) is 7.55. The Morgan fingerprint density at radius 1 is 1.25 bits per heavy atom. The van der Waals surface area contributed by atoms with Crippen LogP contribution in [0.25, 0.3) is 11.4 Å². The Morgan fingerprint density at radius 3 is 2.69 bits per heavy atom. The van der Waals surface area contributed by atoms with Gasteiger partial charge in [0, 0.05) is 31.3 Å². The van der Waals surface area contributed by atoms with E-state index in [0.717, 1.165) is 0 Å². The van der Waals surface area contributed by atoms with Crippen LogP contribution in [-0.2, 0) is 14.8 Å². The van der Waals surface area contributed by atoms with Crippen molar-refractivity contribution < 1.29 is 22.1 Å². The Hall–Kier alpha value is -2.82. The normalized spacial score (nSPS) is 17.3. The van der Waals surface area contributed by atoms with Gasteiger partial charge in [-0.2, -0.15) is 9.29 Å². The minimum atomic E-state index is -3.98. The van der Waals surface area contributed by atoms with E-state index in [9.17, 15) is 17.6 Å². The highest BCUT2D eigenvalue weighted by Gasteiger charge is 2.34. The summed E-state index contributed by atoms with van der Waals surface area (Å²) in [5.74, 6) is -0.673. The summed E-state index contributed by atoms with van der Waals surface area (Å²) < 4.78 is 46.0. The van der Waals surface area contributed by atoms with Crippen LogP contribution in [0.1, 0.15) is 18.7 Å². The van der Waals surface area contributed by atoms with E-state index in [4.69, 9.17) is 16.1 Å². The molecule has 11 heteroatoms. The molecule has 4 rings (SSSR count). The monoisotopic (exact) mass is 478 g/mol. The number of piperidine rings is 1. The fourth-order valence-corrected chi connectivity index (χ4v) is 5.57. The highest BCUT2D eigenvalue weighted by Crippen LogP contribution is 2.31. The van der Waals surface area contributed by atoms with Crippen molar-refractivity contribution in [3.8, 4) is 11.4 Å². The van der Waals surface area contributed by atoms with Crippen molar-refractivity contribution in [1.82, 2.24) is 14.4 Å². The average molecular weight is 479 g/mol. The van der Waals surface area contributed by atoms with E-state index in [1.165, 1.54) is 40.7 Å². The Morgan fingerprint density at radius 2 is 2.00 bits per heavy atom. The zero-order valence-electron chi connectivity index (χ0n) is 17.1. The Balaban J connectivity index is 1.55. The number of amides is 1. The van der Waals surface area contributed by atoms with Crippen LogP contribution in [0.4, 0.5) is 10.1 Å². The van der Waals surface area contributed by atoms with Gasteiger partial charge in [0.25, 0.3) is 0 Å². The molecular formula is C21H20ClFN4O4S. The van der Waals surface area contributed by atoms with Gasteiger partial charge in [0.05, 0.1) is 10.9 Å². The predicted molar refractivity (Wildman–Crippen MR) is 116 cm³/mol. The SMILES string of the molecule is Cc1nc(-c2ccc(Cl)c(S(=O)(=O)N3CCC[C@H](C(=O)Nc4ccc(F)cc4)C3)c2)no1. The first-order valence-electron chi connectivity index (χ1n) is 9.91. The molecule has 0 saturated carbocycles. The number of nitrogens with zero attached hydrogens (tertiary/aromatic N) is 3. The van der Waals surface area contributed by atoms with E-state index in [1.807, 2.05) is 0 Å². The molecule has 168 valence electrons. The van der Waals surface area contributed by atoms with Crippen LogP contribution in [0.5, 0.6) is 0 Å². The molecule has 0 spiro atoms. The smallest absolute Gasteiger partial charge is 0.244 e. The minimum Gasteiger partial charge on any atom is -0.339 e. The van der Waals surface area contributed by atoms with Crippen LogP contribution in [0.3, 0.4) is 0 Å². The van der Waals surface area contributed by atoms with Crippen LogP contribution in [-0.4, -0.2) is 41.9 Å². The van der Waals surface area contributed by atoms with Gasteiger partial charge in [0.2, 0.25) is 27.6 Å². The average Bonchev–Trinajstić information content (AvgIpc) is 3.22. The number of anilines is 1. The molecule has 0 bridgehead atoms. The lowest BCUT2D eigenvalue weighted by molar-refractivity contribution is -0.120. The number of carbonyl (C=O) groups excluding carboxylic acids is 1. The number of carbonyl (C=O) groups is 1. The van der Waals surface area contributed by atoms with Gasteiger partial charge in [0.15, 0.2) is 0 Å². The van der Waals surface area contributed by atoms with Crippen LogP contribution in [0, 0.1) is 18.7 Å². The van der Waals surface area contributed by atoms with Crippen molar-refractivity contribution in [2.45, 2.75) is 24.7 Å². The molecule has 32 heavy (non-hydrogen) atoms. The number of hydrogen-bond acceptors (Lipinski definition) is 6. The minimum absolute atomic E-state index is 0.0111. The van der Waals surface area contributed by atoms with Crippen molar-refractivity contribution in [2.24, 2.45) is 5.92 Å². The van der Waals surface area contributed by atoms with E-state index in [-0.39, 0.29) is 34.7 Å². The van der Waals surface area contributed by atoms with Crippen LogP contribution in [0.2, 0.25) is 5.02 Å². The third kappa shape index (κ3) is 4.67. The fraction of sp³-hybridized carbons (Fsp3) is 0.286. The summed E-state index contributed by atoms with van der Waals surface area (Å²) in [6.45, 7) is 1.91. The molecule has 3 aromatic rings. The molecule has 0 radical (unpaired) electrons. The maximum Gasteiger partial charge on any atom is 0.244 e. The predicted octanol–water partition coefficient (Wildman–Crippen LogP) is 3.88. The van der Waals surface area contributed by atoms with E-state index in [2.05, 4.69) is 15.5 Å². The zero-order valence-corrected chi connectivity index (χ0v) is 18.7. The third-order valence-electron chi connectivity index (χ3n) is 5.20. The van der Waals surface area contributed by atoms with Gasteiger partial charge in [-0.05, 0) is 55.3 Å². The Kier molecular flexibility index (Phi) is 6.27. The molecule has 8 nitrogen and oxygen atoms in total. The number of sulfonamides is 1. The number of aryl methyl sites for hydroxylation is 1. The summed E-state index contributed by atoms with van der Waals surface area (Å²) in [5.41, 5.74) is 0.898. The second-order valence-corrected chi connectivity index (χ2v) is 9.79. The number of aromatic nitrogens is 2. The van der Waals surface area contributed by atoms with Gasteiger partial charge >= 0.3 is 0 Å². The summed E-state index contributed by atoms with van der Waals surface area (Å²) in [6, 6.07) is 9.88. The van der Waals surface area contributed by atoms with E-state index >= 15 is 0 Å². The van der Waals surface area contributed by atoms with Crippen LogP contribution in [0.15, 0.2) is 51.9 Å². The first kappa shape index (κ1) is 22.4. The molecule has 2 aromatic carbocycles. The van der Waals surface area contributed by atoms with E-state index in [0.29, 0.717) is 30.0 Å². The van der Waals surface area contributed by atoms with E-state index in [1.54, 1.807) is 13.0 Å². The van der Waals surface area contributed by atoms with Crippen LogP contribution >= 0.6 is 11.6 Å². The van der Waals surface area contributed by atoms with Crippen molar-refractivity contribution in [3.05, 3.63) is 59.2 Å². The maximum atomic E-state index is 13.4. The standard InChI is InChI=1S/C21H20ClFN4O4S/c1-13-24-20(26-31-13)14-4-9-18(22)19(11-14)32(29,30)27-10-2-3-15(12-27)21(28)25-17-7-5-16(23)6-8-17/h4-9,11,15H,2-3,10,12H2,1H3,(H,25,28)/t15-/m0/s1. The molecule has 1 amide bonds. The van der Waals surface area contributed by atoms with Gasteiger partial charge in [-0.1, -0.05) is 16.8 Å². The molecule has 1 N–H and O–H groups in total. The molecule has 1 aromatic heterocycles. The van der Waals surface area contributed by atoms with Gasteiger partial charge in [-0.3, -0.25) is 4.79 Å². The van der Waals surface area contributed by atoms with Gasteiger partial charge in [0.1, 0.15) is 10.7 Å². The second-order valence-electron chi connectivity index (χ2n) is 7.48. The molecule has 1 atom stereocenters. The Labute approximate surface area is 189 Å². The highest BCUT2D eigenvalue weighted by atomic mass is 35.5. The van der Waals surface area contributed by atoms with Gasteiger partial charge < -0.3 is 9.84 Å². The van der Waals surface area contributed by atoms with Crippen molar-refractivity contribution in [3.63, 3.8) is 0 Å². The number of benzene rings is 2. The van der Waals surface area contributed by atoms with Gasteiger partial charge in [-0.15, -0.1) is 0 Å². The lowest BCUT2D eigenvalue weighted by Gasteiger charge is -2.31. The zero-order chi connectivity index (χ0) is 22.9. The fourth-order valence-electron chi connectivity index (χ4n) is 3.55. The quantitative estimate of drug-likeness (QED) is 0.596. The molecule has 1 fully saturated rings. The molecule has 1 saturated heterocycles. The number of nitrogens with one attached hydrogen (secondary N) is 1. The largest absolute Gasteiger partial charge is 0.339 e. The molecule has 1 aliphatic heterocycles. The molecule has 0 aliphatic carbocycles. The number of rotatable bonds is 5. The van der Waals surface area contributed by atoms with Crippen molar-refractivity contribution in [2.75, 3.05) is 18.4 Å². The summed E-state index contributed by atoms with van der Waals surface area (Å²) in [4.78, 5) is 16.7. The van der Waals surface area contributed by atoms with Crippen LogP contribution < -0.4 is 5.32 Å². The summed E-state index contributed by atoms with van der Waals surface area (Å²) >= 11 is 6.23. The lowest BCUT2D eigenvalue weighted by Crippen LogP contribution is -2.43. The lowest BCUT2D eigenvalue weighted by atomic mass is 9.99. The second kappa shape index (κ2) is 8.97. The van der Waals surface area contributed by atoms with E-state index < -0.39 is 21.8 Å². The first-order valence-corrected chi connectivity index (χ1v) is 11.7. The van der Waals surface area contributed by atoms with Crippen molar-refractivity contribution in [1.29, 1.82) is 0 Å². The molecule has 0 unspecified atom stereocenters. The molecule has 1 aliphatic rings. The summed E-state index contributed by atoms with van der Waals surface area (Å²) in [6.07, 6.45) is 1.05. The first-order chi connectivity index (χ1) is 15.2. The number of halogens is 2. The molecule has 2 heterocycles. The Bertz CT molecular complexity index is 1250. The maximum absolute atomic E-state index is 13.4. The summed E-state index contributed by atoms with van der Waals surface area (Å²) in [5, 5.41) is 6.59. The molecular weight excluding hydrogens is 459 g/mol. The highest BCUT2D eigenvalue weighted by molar-refractivity contribution is 7.89. The topological polar surface area (TPSA) is 105 Å².